The molecular weight excluding hydrogens is 488 g/mol. The van der Waals surface area contributed by atoms with Gasteiger partial charge in [-0.25, -0.2) is 4.79 Å². The summed E-state index contributed by atoms with van der Waals surface area (Å²) in [6.45, 7) is 0. The van der Waals surface area contributed by atoms with Gasteiger partial charge in [-0.3, -0.25) is 14.5 Å². The number of esters is 1. The molecule has 2 atom stereocenters. The van der Waals surface area contributed by atoms with E-state index >= 15 is 0 Å². The summed E-state index contributed by atoms with van der Waals surface area (Å²) in [7, 11) is 1.53. The van der Waals surface area contributed by atoms with Gasteiger partial charge in [-0.1, -0.05) is 91.0 Å². The van der Waals surface area contributed by atoms with Crippen LogP contribution in [0, 0.1) is 0 Å². The van der Waals surface area contributed by atoms with E-state index in [0.29, 0.717) is 11.5 Å². The van der Waals surface area contributed by atoms with Crippen molar-refractivity contribution >= 4 is 29.5 Å². The first kappa shape index (κ1) is 24.6. The van der Waals surface area contributed by atoms with Gasteiger partial charge in [0, 0.05) is 6.20 Å². The molecule has 0 aromatic heterocycles. The van der Waals surface area contributed by atoms with Crippen molar-refractivity contribution in [2.24, 2.45) is 0 Å². The fraction of sp³-hybridized carbons (Fsp3) is 0.207. The average molecular weight is 515 g/mol. The van der Waals surface area contributed by atoms with Crippen molar-refractivity contribution in [1.29, 1.82) is 0 Å². The maximum absolute atomic E-state index is 14.0. The van der Waals surface area contributed by atoms with Crippen LogP contribution in [0.5, 0.6) is 0 Å². The topological polar surface area (TPSA) is 84.9 Å². The van der Waals surface area contributed by atoms with Crippen molar-refractivity contribution in [1.82, 2.24) is 10.2 Å². The summed E-state index contributed by atoms with van der Waals surface area (Å²) in [6.07, 6.45) is 0.864. The zero-order chi connectivity index (χ0) is 25.8. The highest BCUT2D eigenvalue weighted by molar-refractivity contribution is 8.00. The Kier molecular flexibility index (Phi) is 7.01. The van der Waals surface area contributed by atoms with Crippen molar-refractivity contribution in [3.8, 4) is 0 Å². The quantitative estimate of drug-likeness (QED) is 0.280. The van der Waals surface area contributed by atoms with E-state index in [1.807, 2.05) is 91.0 Å². The number of hydrogen-bond acceptors (Lipinski definition) is 6. The number of methoxy groups -OCH3 is 1. The van der Waals surface area contributed by atoms with Crippen molar-refractivity contribution in [3.63, 3.8) is 0 Å². The molecule has 0 unspecified atom stereocenters. The lowest BCUT2D eigenvalue weighted by molar-refractivity contribution is -0.176. The summed E-state index contributed by atoms with van der Waals surface area (Å²) in [4.78, 5) is 42.1. The van der Waals surface area contributed by atoms with E-state index in [2.05, 4.69) is 5.32 Å². The number of hydrogen-bond donors (Lipinski definition) is 1. The smallest absolute Gasteiger partial charge is 0.345 e. The van der Waals surface area contributed by atoms with Gasteiger partial charge in [0.2, 0.25) is 11.4 Å². The first-order chi connectivity index (χ1) is 18.0. The van der Waals surface area contributed by atoms with Crippen LogP contribution in [-0.4, -0.2) is 46.5 Å². The van der Waals surface area contributed by atoms with Crippen LogP contribution < -0.4 is 5.32 Å². The minimum Gasteiger partial charge on any atom is -0.499 e. The molecule has 1 fully saturated rings. The Morgan fingerprint density at radius 2 is 1.54 bits per heavy atom. The molecule has 3 aromatic rings. The van der Waals surface area contributed by atoms with Crippen LogP contribution in [0.1, 0.15) is 22.8 Å². The number of carbonyl (C=O) groups is 3. The molecule has 7 nitrogen and oxygen atoms in total. The minimum atomic E-state index is -1.85. The van der Waals surface area contributed by atoms with Gasteiger partial charge in [-0.05, 0) is 16.7 Å². The van der Waals surface area contributed by atoms with E-state index in [-0.39, 0.29) is 6.42 Å². The largest absolute Gasteiger partial charge is 0.499 e. The fourth-order valence-electron chi connectivity index (χ4n) is 4.54. The van der Waals surface area contributed by atoms with Gasteiger partial charge in [-0.2, -0.15) is 0 Å². The van der Waals surface area contributed by atoms with Crippen LogP contribution in [0.15, 0.2) is 103 Å². The Morgan fingerprint density at radius 3 is 2.11 bits per heavy atom. The first-order valence-corrected chi connectivity index (χ1v) is 12.9. The van der Waals surface area contributed by atoms with E-state index in [4.69, 9.17) is 9.47 Å². The van der Waals surface area contributed by atoms with Gasteiger partial charge in [0.1, 0.15) is 11.1 Å². The fourth-order valence-corrected chi connectivity index (χ4v) is 5.88. The number of benzene rings is 3. The number of nitrogens with zero attached hydrogens (tertiary/aromatic N) is 1. The molecular formula is C29H26N2O5S. The number of amides is 2. The minimum absolute atomic E-state index is 0.0283. The van der Waals surface area contributed by atoms with Gasteiger partial charge in [-0.15, -0.1) is 11.8 Å². The first-order valence-electron chi connectivity index (χ1n) is 11.9. The zero-order valence-electron chi connectivity index (χ0n) is 20.2. The molecule has 8 heteroatoms. The normalized spacial score (nSPS) is 20.4. The number of thioether (sulfide) groups is 1. The van der Waals surface area contributed by atoms with E-state index in [1.54, 1.807) is 6.20 Å². The number of fused-ring (bicyclic) bond motifs is 1. The molecule has 188 valence electrons. The molecule has 2 aliphatic heterocycles. The molecule has 5 rings (SSSR count). The summed E-state index contributed by atoms with van der Waals surface area (Å²) >= 11 is 1.35. The van der Waals surface area contributed by atoms with Crippen LogP contribution in [-0.2, 0) is 30.3 Å². The summed E-state index contributed by atoms with van der Waals surface area (Å²) in [5, 5.41) is 2.12. The van der Waals surface area contributed by atoms with E-state index in [1.165, 1.54) is 23.8 Å². The lowest BCUT2D eigenvalue weighted by Gasteiger charge is -2.53. The lowest BCUT2D eigenvalue weighted by Crippen LogP contribution is -2.82. The number of ether oxygens (including phenoxy) is 2. The van der Waals surface area contributed by atoms with Gasteiger partial charge in [0.25, 0.3) is 5.91 Å². The Hall–Kier alpha value is -4.04. The molecule has 0 radical (unpaired) electrons. The van der Waals surface area contributed by atoms with Crippen LogP contribution in [0.2, 0.25) is 0 Å². The second-order valence-corrected chi connectivity index (χ2v) is 9.87. The SMILES string of the molecule is COC1=CN2C(=O)[C@](NC(=O)Cc3ccccc3)(C(=O)OC(c3ccccc3)c3ccccc3)[C@@H]2SC1. The molecule has 0 aliphatic carbocycles. The zero-order valence-corrected chi connectivity index (χ0v) is 21.0. The Balaban J connectivity index is 1.48. The summed E-state index contributed by atoms with van der Waals surface area (Å²) < 4.78 is 11.4. The Bertz CT molecular complexity index is 1280. The average Bonchev–Trinajstić information content (AvgIpc) is 2.95. The summed E-state index contributed by atoms with van der Waals surface area (Å²) in [5.41, 5.74) is 0.439. The Labute approximate surface area is 219 Å². The van der Waals surface area contributed by atoms with Crippen LogP contribution in [0.4, 0.5) is 0 Å². The monoisotopic (exact) mass is 514 g/mol. The number of nitrogens with one attached hydrogen (secondary N) is 1. The van der Waals surface area contributed by atoms with Crippen molar-refractivity contribution in [2.75, 3.05) is 12.9 Å². The second-order valence-electron chi connectivity index (χ2n) is 8.80. The molecule has 2 heterocycles. The van der Waals surface area contributed by atoms with Gasteiger partial charge in [0.15, 0.2) is 6.10 Å². The van der Waals surface area contributed by atoms with Crippen molar-refractivity contribution < 1.29 is 23.9 Å². The third-order valence-electron chi connectivity index (χ3n) is 6.42. The molecule has 1 saturated heterocycles. The number of rotatable bonds is 8. The van der Waals surface area contributed by atoms with E-state index in [0.717, 1.165) is 16.7 Å². The highest BCUT2D eigenvalue weighted by atomic mass is 32.2. The molecule has 2 aliphatic rings. The second kappa shape index (κ2) is 10.5. The van der Waals surface area contributed by atoms with Crippen LogP contribution in [0.3, 0.4) is 0 Å². The van der Waals surface area contributed by atoms with Gasteiger partial charge in [0.05, 0.1) is 19.3 Å². The van der Waals surface area contributed by atoms with Gasteiger partial charge >= 0.3 is 5.97 Å². The summed E-state index contributed by atoms with van der Waals surface area (Å²) in [5.74, 6) is -0.715. The lowest BCUT2D eigenvalue weighted by atomic mass is 9.87. The predicted molar refractivity (Wildman–Crippen MR) is 140 cm³/mol. The molecule has 2 amide bonds. The third kappa shape index (κ3) is 4.72. The molecule has 0 bridgehead atoms. The molecule has 37 heavy (non-hydrogen) atoms. The summed E-state index contributed by atoms with van der Waals surface area (Å²) in [6, 6.07) is 27.8. The van der Waals surface area contributed by atoms with E-state index in [9.17, 15) is 14.4 Å². The van der Waals surface area contributed by atoms with Gasteiger partial charge < -0.3 is 14.8 Å². The molecule has 0 saturated carbocycles. The van der Waals surface area contributed by atoms with Crippen LogP contribution in [0.25, 0.3) is 0 Å². The van der Waals surface area contributed by atoms with Crippen molar-refractivity contribution in [3.05, 3.63) is 120 Å². The maximum atomic E-state index is 14.0. The molecule has 3 aromatic carbocycles. The molecule has 1 N–H and O–H groups in total. The maximum Gasteiger partial charge on any atom is 0.345 e. The highest BCUT2D eigenvalue weighted by Crippen LogP contribution is 2.45. The van der Waals surface area contributed by atoms with E-state index < -0.39 is 34.8 Å². The highest BCUT2D eigenvalue weighted by Gasteiger charge is 2.69. The number of carbonyl (C=O) groups excluding carboxylic acids is 3. The Morgan fingerprint density at radius 1 is 0.973 bits per heavy atom. The third-order valence-corrected chi connectivity index (χ3v) is 7.77. The van der Waals surface area contributed by atoms with Crippen molar-refractivity contribution in [2.45, 2.75) is 23.4 Å². The van der Waals surface area contributed by atoms with Crippen LogP contribution >= 0.6 is 11.8 Å². The predicted octanol–water partition coefficient (Wildman–Crippen LogP) is 3.82. The standard InChI is InChI=1S/C29H26N2O5S/c1-35-23-18-31-26(33)29(27(31)37-19-23,30-24(32)17-20-11-5-2-6-12-20)28(34)36-25(21-13-7-3-8-14-21)22-15-9-4-10-16-22/h2-16,18,25,27H,17,19H2,1H3,(H,30,32)/t27-,29+/m0/s1. The molecule has 0 spiro atoms. The number of β-lactam (4-membered cyclic amide) rings is 1.